The van der Waals surface area contributed by atoms with Crippen molar-refractivity contribution in [3.8, 4) is 11.5 Å². The molecule has 0 aliphatic carbocycles. The molecule has 0 radical (unpaired) electrons. The minimum Gasteiger partial charge on any atom is -0.457 e. The van der Waals surface area contributed by atoms with Crippen LogP contribution in [0.15, 0.2) is 46.9 Å². The lowest BCUT2D eigenvalue weighted by Gasteiger charge is -2.14. The molecule has 0 aliphatic heterocycles. The highest BCUT2D eigenvalue weighted by Crippen LogP contribution is 2.30. The summed E-state index contributed by atoms with van der Waals surface area (Å²) in [5, 5.41) is 0.699. The van der Waals surface area contributed by atoms with Crippen LogP contribution in [-0.4, -0.2) is 6.04 Å². The Morgan fingerprint density at radius 2 is 2.05 bits per heavy atom. The summed E-state index contributed by atoms with van der Waals surface area (Å²) < 4.78 is 6.93. The molecule has 0 heterocycles. The molecule has 0 amide bonds. The molecule has 1 unspecified atom stereocenters. The second-order valence-corrected chi connectivity index (χ2v) is 6.04. The Hall–Kier alpha value is -1.03. The van der Waals surface area contributed by atoms with Crippen LogP contribution in [0.4, 0.5) is 0 Å². The van der Waals surface area contributed by atoms with E-state index in [0.29, 0.717) is 5.02 Å². The fraction of sp³-hybridized carbons (Fsp3) is 0.250. The molecule has 106 valence electrons. The van der Waals surface area contributed by atoms with Crippen LogP contribution in [0.2, 0.25) is 5.02 Å². The van der Waals surface area contributed by atoms with E-state index < -0.39 is 0 Å². The van der Waals surface area contributed by atoms with Crippen LogP contribution in [0.25, 0.3) is 0 Å². The predicted molar refractivity (Wildman–Crippen MR) is 87.6 cm³/mol. The zero-order chi connectivity index (χ0) is 14.5. The average Bonchev–Trinajstić information content (AvgIpc) is 2.42. The average molecular weight is 355 g/mol. The first kappa shape index (κ1) is 15.4. The van der Waals surface area contributed by atoms with E-state index >= 15 is 0 Å². The highest BCUT2D eigenvalue weighted by atomic mass is 79.9. The molecule has 20 heavy (non-hydrogen) atoms. The lowest BCUT2D eigenvalue weighted by atomic mass is 10.0. The van der Waals surface area contributed by atoms with Crippen molar-refractivity contribution in [2.24, 2.45) is 5.73 Å². The molecule has 0 spiro atoms. The van der Waals surface area contributed by atoms with Crippen molar-refractivity contribution in [3.63, 3.8) is 0 Å². The van der Waals surface area contributed by atoms with Gasteiger partial charge in [0.15, 0.2) is 0 Å². The van der Waals surface area contributed by atoms with Gasteiger partial charge in [-0.1, -0.05) is 40.5 Å². The second kappa shape index (κ2) is 7.11. The van der Waals surface area contributed by atoms with Crippen molar-refractivity contribution < 1.29 is 4.74 Å². The maximum absolute atomic E-state index is 6.07. The third-order valence-electron chi connectivity index (χ3n) is 3.05. The number of hydrogen-bond acceptors (Lipinski definition) is 2. The quantitative estimate of drug-likeness (QED) is 0.803. The molecular formula is C16H17BrClNO. The zero-order valence-corrected chi connectivity index (χ0v) is 13.6. The van der Waals surface area contributed by atoms with E-state index in [4.69, 9.17) is 22.1 Å². The van der Waals surface area contributed by atoms with Gasteiger partial charge in [-0.2, -0.15) is 0 Å². The van der Waals surface area contributed by atoms with Crippen molar-refractivity contribution in [2.45, 2.75) is 25.8 Å². The van der Waals surface area contributed by atoms with Gasteiger partial charge in [-0.25, -0.2) is 0 Å². The van der Waals surface area contributed by atoms with Crippen molar-refractivity contribution in [1.82, 2.24) is 0 Å². The molecular weight excluding hydrogens is 338 g/mol. The van der Waals surface area contributed by atoms with Crippen molar-refractivity contribution in [2.75, 3.05) is 0 Å². The Morgan fingerprint density at radius 1 is 1.25 bits per heavy atom. The molecule has 1 atom stereocenters. The van der Waals surface area contributed by atoms with E-state index in [1.807, 2.05) is 42.5 Å². The van der Waals surface area contributed by atoms with E-state index in [0.717, 1.165) is 34.4 Å². The van der Waals surface area contributed by atoms with Gasteiger partial charge in [0.05, 0.1) is 0 Å². The number of ether oxygens (including phenoxy) is 1. The van der Waals surface area contributed by atoms with E-state index in [9.17, 15) is 0 Å². The Bertz CT molecular complexity index is 588. The van der Waals surface area contributed by atoms with Gasteiger partial charge in [0, 0.05) is 15.5 Å². The SMILES string of the molecule is CCC(N)Cc1cc(Cl)ccc1Oc1cccc(Br)c1. The first-order chi connectivity index (χ1) is 9.58. The lowest BCUT2D eigenvalue weighted by molar-refractivity contribution is 0.472. The van der Waals surface area contributed by atoms with Crippen molar-refractivity contribution >= 4 is 27.5 Å². The van der Waals surface area contributed by atoms with Crippen LogP contribution < -0.4 is 10.5 Å². The number of halogens is 2. The largest absolute Gasteiger partial charge is 0.457 e. The molecule has 2 aromatic carbocycles. The van der Waals surface area contributed by atoms with Crippen LogP contribution >= 0.6 is 27.5 Å². The minimum atomic E-state index is 0.110. The van der Waals surface area contributed by atoms with Gasteiger partial charge < -0.3 is 10.5 Å². The van der Waals surface area contributed by atoms with Gasteiger partial charge in [-0.3, -0.25) is 0 Å². The zero-order valence-electron chi connectivity index (χ0n) is 11.3. The van der Waals surface area contributed by atoms with E-state index in [-0.39, 0.29) is 6.04 Å². The van der Waals surface area contributed by atoms with E-state index in [1.54, 1.807) is 0 Å². The highest BCUT2D eigenvalue weighted by Gasteiger charge is 2.10. The molecule has 2 N–H and O–H groups in total. The van der Waals surface area contributed by atoms with Crippen LogP contribution in [0.1, 0.15) is 18.9 Å². The Kier molecular flexibility index (Phi) is 5.46. The summed E-state index contributed by atoms with van der Waals surface area (Å²) in [4.78, 5) is 0. The standard InChI is InChI=1S/C16H17BrClNO/c1-2-14(19)9-11-8-13(18)6-7-16(11)20-15-5-3-4-12(17)10-15/h3-8,10,14H,2,9,19H2,1H3. The third-order valence-corrected chi connectivity index (χ3v) is 3.78. The van der Waals surface area contributed by atoms with Gasteiger partial charge in [0.1, 0.15) is 11.5 Å². The summed E-state index contributed by atoms with van der Waals surface area (Å²) in [5.41, 5.74) is 7.07. The smallest absolute Gasteiger partial charge is 0.130 e. The highest BCUT2D eigenvalue weighted by molar-refractivity contribution is 9.10. The maximum Gasteiger partial charge on any atom is 0.130 e. The Labute approximate surface area is 133 Å². The summed E-state index contributed by atoms with van der Waals surface area (Å²) in [6.07, 6.45) is 1.67. The van der Waals surface area contributed by atoms with Crippen molar-refractivity contribution in [1.29, 1.82) is 0 Å². The number of nitrogens with two attached hydrogens (primary N) is 1. The van der Waals surface area contributed by atoms with Crippen LogP contribution in [-0.2, 0) is 6.42 Å². The lowest BCUT2D eigenvalue weighted by Crippen LogP contribution is -2.21. The van der Waals surface area contributed by atoms with Gasteiger partial charge in [0.2, 0.25) is 0 Å². The molecule has 0 saturated heterocycles. The first-order valence-electron chi connectivity index (χ1n) is 6.56. The predicted octanol–water partition coefficient (Wildman–Crippen LogP) is 5.17. The first-order valence-corrected chi connectivity index (χ1v) is 7.73. The minimum absolute atomic E-state index is 0.110. The molecule has 0 saturated carbocycles. The number of benzene rings is 2. The van der Waals surface area contributed by atoms with Crippen molar-refractivity contribution in [3.05, 3.63) is 57.5 Å². The van der Waals surface area contributed by atoms with Crippen LogP contribution in [0.5, 0.6) is 11.5 Å². The monoisotopic (exact) mass is 353 g/mol. The summed E-state index contributed by atoms with van der Waals surface area (Å²) in [6.45, 7) is 2.07. The molecule has 2 aromatic rings. The summed E-state index contributed by atoms with van der Waals surface area (Å²) in [5.74, 6) is 1.59. The third kappa shape index (κ3) is 4.23. The Morgan fingerprint density at radius 3 is 2.75 bits per heavy atom. The number of rotatable bonds is 5. The Balaban J connectivity index is 2.26. The van der Waals surface area contributed by atoms with Crippen LogP contribution in [0.3, 0.4) is 0 Å². The van der Waals surface area contributed by atoms with E-state index in [1.165, 1.54) is 0 Å². The molecule has 2 nitrogen and oxygen atoms in total. The summed E-state index contributed by atoms with van der Waals surface area (Å²) in [7, 11) is 0. The molecule has 0 fully saturated rings. The van der Waals surface area contributed by atoms with Gasteiger partial charge in [0.25, 0.3) is 0 Å². The molecule has 2 rings (SSSR count). The summed E-state index contributed by atoms with van der Waals surface area (Å²) >= 11 is 9.50. The normalized spacial score (nSPS) is 12.2. The molecule has 0 aromatic heterocycles. The van der Waals surface area contributed by atoms with Gasteiger partial charge in [-0.15, -0.1) is 0 Å². The maximum atomic E-state index is 6.07. The second-order valence-electron chi connectivity index (χ2n) is 4.68. The summed E-state index contributed by atoms with van der Waals surface area (Å²) in [6, 6.07) is 13.5. The molecule has 0 bridgehead atoms. The van der Waals surface area contributed by atoms with Gasteiger partial charge >= 0.3 is 0 Å². The van der Waals surface area contributed by atoms with E-state index in [2.05, 4.69) is 22.9 Å². The topological polar surface area (TPSA) is 35.2 Å². The van der Waals surface area contributed by atoms with Crippen LogP contribution in [0, 0.1) is 0 Å². The molecule has 0 aliphatic rings. The fourth-order valence-electron chi connectivity index (χ4n) is 1.89. The van der Waals surface area contributed by atoms with Gasteiger partial charge in [-0.05, 0) is 54.8 Å². The fourth-order valence-corrected chi connectivity index (χ4v) is 2.46. The molecule has 4 heteroatoms. The number of hydrogen-bond donors (Lipinski definition) is 1.